The molecule has 164 valence electrons. The molecule has 0 spiro atoms. The second-order valence-electron chi connectivity index (χ2n) is 6.80. The van der Waals surface area contributed by atoms with Crippen LogP contribution in [0.25, 0.3) is 0 Å². The molecule has 0 radical (unpaired) electrons. The van der Waals surface area contributed by atoms with Gasteiger partial charge in [0, 0.05) is 33.3 Å². The van der Waals surface area contributed by atoms with E-state index in [1.165, 1.54) is 37.8 Å². The molecule has 10 nitrogen and oxygen atoms in total. The summed E-state index contributed by atoms with van der Waals surface area (Å²) in [5, 5.41) is -0.0478. The van der Waals surface area contributed by atoms with Crippen molar-refractivity contribution in [1.29, 1.82) is 0 Å². The number of nitrogens with two attached hydrogens (primary N) is 1. The van der Waals surface area contributed by atoms with E-state index in [0.29, 0.717) is 6.42 Å². The first-order chi connectivity index (χ1) is 13.9. The summed E-state index contributed by atoms with van der Waals surface area (Å²) in [5.74, 6) is -0.845. The minimum absolute atomic E-state index is 0.0209. The number of unbranched alkanes of at least 4 members (excludes halogenated alkanes) is 1. The number of rotatable bonds is 7. The van der Waals surface area contributed by atoms with Crippen LogP contribution in [0.5, 0.6) is 0 Å². The Bertz CT molecular complexity index is 1190. The smallest absolute Gasteiger partial charge is 0.330 e. The van der Waals surface area contributed by atoms with E-state index in [0.717, 1.165) is 21.7 Å². The molecule has 0 bridgehead atoms. The van der Waals surface area contributed by atoms with Crippen LogP contribution in [-0.2, 0) is 16.6 Å². The molecular formula is C18H24ClN5O5S. The number of carbonyl (C=O) groups excluding carboxylic acids is 1. The summed E-state index contributed by atoms with van der Waals surface area (Å²) in [6.07, 6.45) is 1.44. The number of nitrogen functional groups attached to an aromatic ring is 1. The monoisotopic (exact) mass is 457 g/mol. The number of aromatic amines is 1. The zero-order valence-corrected chi connectivity index (χ0v) is 18.7. The van der Waals surface area contributed by atoms with Crippen molar-refractivity contribution in [3.63, 3.8) is 0 Å². The van der Waals surface area contributed by atoms with E-state index in [1.807, 2.05) is 6.92 Å². The van der Waals surface area contributed by atoms with Crippen molar-refractivity contribution in [2.24, 2.45) is 0 Å². The average Bonchev–Trinajstić information content (AvgIpc) is 2.67. The van der Waals surface area contributed by atoms with E-state index >= 15 is 0 Å². The molecule has 1 heterocycles. The predicted octanol–water partition coefficient (Wildman–Crippen LogP) is 1.10. The van der Waals surface area contributed by atoms with Gasteiger partial charge in [-0.3, -0.25) is 19.1 Å². The van der Waals surface area contributed by atoms with Gasteiger partial charge in [-0.05, 0) is 24.6 Å². The van der Waals surface area contributed by atoms with Crippen molar-refractivity contribution >= 4 is 39.0 Å². The Hall–Kier alpha value is -2.63. The first-order valence-electron chi connectivity index (χ1n) is 9.06. The summed E-state index contributed by atoms with van der Waals surface area (Å²) in [5.41, 5.74) is 4.32. The number of carbonyl (C=O) groups is 1. The highest BCUT2D eigenvalue weighted by atomic mass is 35.5. The second kappa shape index (κ2) is 9.02. The Morgan fingerprint density at radius 1 is 1.23 bits per heavy atom. The minimum Gasteiger partial charge on any atom is -0.383 e. The van der Waals surface area contributed by atoms with Crippen molar-refractivity contribution in [2.45, 2.75) is 31.2 Å². The Balaban J connectivity index is 2.56. The van der Waals surface area contributed by atoms with Crippen LogP contribution in [0, 0.1) is 0 Å². The minimum atomic E-state index is -3.90. The zero-order valence-electron chi connectivity index (χ0n) is 17.1. The summed E-state index contributed by atoms with van der Waals surface area (Å²) in [6.45, 7) is 2.21. The number of amides is 1. The Morgan fingerprint density at radius 2 is 1.87 bits per heavy atom. The summed E-state index contributed by atoms with van der Waals surface area (Å²) >= 11 is 6.02. The van der Waals surface area contributed by atoms with Gasteiger partial charge in [-0.25, -0.2) is 17.5 Å². The number of anilines is 2. The van der Waals surface area contributed by atoms with Crippen molar-refractivity contribution in [2.75, 3.05) is 31.8 Å². The number of nitrogens with one attached hydrogen (secondary N) is 1. The lowest BCUT2D eigenvalue weighted by atomic mass is 10.2. The predicted molar refractivity (Wildman–Crippen MR) is 116 cm³/mol. The number of sulfonamides is 1. The van der Waals surface area contributed by atoms with Crippen LogP contribution < -0.4 is 21.9 Å². The summed E-state index contributed by atoms with van der Waals surface area (Å²) in [4.78, 5) is 40.3. The maximum atomic E-state index is 13.0. The van der Waals surface area contributed by atoms with Gasteiger partial charge in [0.25, 0.3) is 11.5 Å². The maximum absolute atomic E-state index is 13.0. The first kappa shape index (κ1) is 23.6. The number of hydrogen-bond acceptors (Lipinski definition) is 6. The quantitative estimate of drug-likeness (QED) is 0.638. The van der Waals surface area contributed by atoms with Gasteiger partial charge in [-0.2, -0.15) is 0 Å². The number of benzene rings is 1. The van der Waals surface area contributed by atoms with Crippen molar-refractivity contribution < 1.29 is 13.2 Å². The van der Waals surface area contributed by atoms with Crippen LogP contribution in [0.3, 0.4) is 0 Å². The third-order valence-electron chi connectivity index (χ3n) is 4.53. The van der Waals surface area contributed by atoms with Gasteiger partial charge >= 0.3 is 5.69 Å². The molecular weight excluding hydrogens is 434 g/mol. The SMILES string of the molecule is CCCCn1c(N)c(N(C)C(=O)c2ccc(Cl)c(S(=O)(=O)N(C)C)c2)c(=O)[nH]c1=O. The van der Waals surface area contributed by atoms with Gasteiger partial charge in [0.15, 0.2) is 5.69 Å². The summed E-state index contributed by atoms with van der Waals surface area (Å²) in [7, 11) is 0.0906. The molecule has 0 saturated carbocycles. The van der Waals surface area contributed by atoms with E-state index in [9.17, 15) is 22.8 Å². The molecule has 0 unspecified atom stereocenters. The van der Waals surface area contributed by atoms with Crippen molar-refractivity contribution in [3.05, 3.63) is 49.6 Å². The van der Waals surface area contributed by atoms with Crippen LogP contribution in [0.4, 0.5) is 11.5 Å². The fourth-order valence-electron chi connectivity index (χ4n) is 2.77. The fourth-order valence-corrected chi connectivity index (χ4v) is 4.16. The van der Waals surface area contributed by atoms with Crippen molar-refractivity contribution in [1.82, 2.24) is 13.9 Å². The molecule has 2 aromatic rings. The van der Waals surface area contributed by atoms with Crippen LogP contribution in [-0.4, -0.2) is 49.3 Å². The molecule has 3 N–H and O–H groups in total. The molecule has 1 aromatic carbocycles. The second-order valence-corrected chi connectivity index (χ2v) is 9.32. The molecule has 0 aliphatic heterocycles. The lowest BCUT2D eigenvalue weighted by molar-refractivity contribution is 0.0992. The average molecular weight is 458 g/mol. The lowest BCUT2D eigenvalue weighted by Gasteiger charge is -2.21. The number of hydrogen-bond donors (Lipinski definition) is 2. The molecule has 1 aromatic heterocycles. The normalized spacial score (nSPS) is 11.7. The van der Waals surface area contributed by atoms with Crippen LogP contribution in [0.2, 0.25) is 5.02 Å². The molecule has 0 saturated heterocycles. The van der Waals surface area contributed by atoms with Gasteiger partial charge in [0.05, 0.1) is 5.02 Å². The maximum Gasteiger partial charge on any atom is 0.330 e. The number of aromatic nitrogens is 2. The molecule has 0 aliphatic rings. The Kier molecular flexibility index (Phi) is 7.11. The number of halogens is 1. The van der Waals surface area contributed by atoms with E-state index in [2.05, 4.69) is 4.98 Å². The number of H-pyrrole nitrogens is 1. The van der Waals surface area contributed by atoms with E-state index in [4.69, 9.17) is 17.3 Å². The van der Waals surface area contributed by atoms with E-state index in [-0.39, 0.29) is 33.5 Å². The third-order valence-corrected chi connectivity index (χ3v) is 6.82. The van der Waals surface area contributed by atoms with E-state index < -0.39 is 27.2 Å². The first-order valence-corrected chi connectivity index (χ1v) is 10.9. The molecule has 2 rings (SSSR count). The van der Waals surface area contributed by atoms with Gasteiger partial charge in [-0.1, -0.05) is 24.9 Å². The largest absolute Gasteiger partial charge is 0.383 e. The Labute approximate surface area is 178 Å². The molecule has 0 fully saturated rings. The summed E-state index contributed by atoms with van der Waals surface area (Å²) < 4.78 is 27.1. The highest BCUT2D eigenvalue weighted by molar-refractivity contribution is 7.89. The van der Waals surface area contributed by atoms with E-state index in [1.54, 1.807) is 0 Å². The molecule has 30 heavy (non-hydrogen) atoms. The van der Waals surface area contributed by atoms with Gasteiger partial charge in [0.2, 0.25) is 10.0 Å². The number of nitrogens with zero attached hydrogens (tertiary/aromatic N) is 3. The summed E-state index contributed by atoms with van der Waals surface area (Å²) in [6, 6.07) is 3.76. The highest BCUT2D eigenvalue weighted by Gasteiger charge is 2.26. The van der Waals surface area contributed by atoms with Gasteiger partial charge < -0.3 is 10.6 Å². The fraction of sp³-hybridized carbons (Fsp3) is 0.389. The lowest BCUT2D eigenvalue weighted by Crippen LogP contribution is -2.39. The standard InChI is InChI=1S/C18H24ClN5O5S/c1-5-6-9-24-15(20)14(16(25)21-18(24)27)23(4)17(26)11-7-8-12(19)13(10-11)30(28,29)22(2)3/h7-8,10H,5-6,9,20H2,1-4H3,(H,21,25,27). The third kappa shape index (κ3) is 4.42. The molecule has 12 heteroatoms. The topological polar surface area (TPSA) is 139 Å². The van der Waals surface area contributed by atoms with Gasteiger partial charge in [-0.15, -0.1) is 0 Å². The zero-order chi connectivity index (χ0) is 22.8. The highest BCUT2D eigenvalue weighted by Crippen LogP contribution is 2.26. The van der Waals surface area contributed by atoms with Crippen LogP contribution >= 0.6 is 11.6 Å². The van der Waals surface area contributed by atoms with Crippen LogP contribution in [0.1, 0.15) is 30.1 Å². The Morgan fingerprint density at radius 3 is 2.43 bits per heavy atom. The molecule has 0 atom stereocenters. The molecule has 0 aliphatic carbocycles. The van der Waals surface area contributed by atoms with Gasteiger partial charge in [0.1, 0.15) is 10.7 Å². The van der Waals surface area contributed by atoms with Crippen LogP contribution in [0.15, 0.2) is 32.7 Å². The van der Waals surface area contributed by atoms with Crippen molar-refractivity contribution in [3.8, 4) is 0 Å². The molecule has 1 amide bonds.